The van der Waals surface area contributed by atoms with E-state index in [-0.39, 0.29) is 11.7 Å². The van der Waals surface area contributed by atoms with Gasteiger partial charge in [-0.2, -0.15) is 0 Å². The van der Waals surface area contributed by atoms with Crippen LogP contribution in [0.1, 0.15) is 11.1 Å². The van der Waals surface area contributed by atoms with E-state index in [4.69, 9.17) is 4.74 Å². The lowest BCUT2D eigenvalue weighted by Gasteiger charge is -2.11. The summed E-state index contributed by atoms with van der Waals surface area (Å²) in [7, 11) is 1.62. The number of nitrogens with zero attached hydrogens (tertiary/aromatic N) is 2. The van der Waals surface area contributed by atoms with Gasteiger partial charge in [-0.05, 0) is 49.2 Å². The number of aryl methyl sites for hydroxylation is 2. The van der Waals surface area contributed by atoms with Gasteiger partial charge in [0.1, 0.15) is 15.8 Å². The third-order valence-corrected chi connectivity index (χ3v) is 6.26. The first kappa shape index (κ1) is 20.2. The highest BCUT2D eigenvalue weighted by Crippen LogP contribution is 2.34. The minimum atomic E-state index is -0.0873. The molecule has 0 radical (unpaired) electrons. The Bertz CT molecular complexity index is 979. The maximum absolute atomic E-state index is 12.4. The molecule has 1 amide bonds. The molecule has 2 aromatic carbocycles. The Balaban J connectivity index is 1.65. The summed E-state index contributed by atoms with van der Waals surface area (Å²) in [6.45, 7) is 4.00. The molecule has 0 fully saturated rings. The number of ether oxygens (including phenoxy) is 1. The van der Waals surface area contributed by atoms with Crippen molar-refractivity contribution in [2.45, 2.75) is 28.8 Å². The number of benzene rings is 2. The van der Waals surface area contributed by atoms with Crippen LogP contribution in [0.15, 0.2) is 69.8 Å². The molecule has 1 aromatic heterocycles. The first-order chi connectivity index (χ1) is 13.6. The molecule has 28 heavy (non-hydrogen) atoms. The second kappa shape index (κ2) is 9.61. The molecular formula is C21H21N3O2S2. The van der Waals surface area contributed by atoms with Crippen molar-refractivity contribution in [1.82, 2.24) is 9.97 Å². The molecule has 1 N–H and O–H groups in total. The highest BCUT2D eigenvalue weighted by molar-refractivity contribution is 8.02. The van der Waals surface area contributed by atoms with Gasteiger partial charge in [0.05, 0.1) is 12.9 Å². The summed E-state index contributed by atoms with van der Waals surface area (Å²) in [6, 6.07) is 13.7. The Labute approximate surface area is 173 Å². The first-order valence-electron chi connectivity index (χ1n) is 8.68. The number of carbonyl (C=O) groups excluding carboxylic acids is 1. The molecule has 0 saturated carbocycles. The molecule has 0 bridgehead atoms. The molecule has 3 aromatic rings. The van der Waals surface area contributed by atoms with Gasteiger partial charge in [-0.3, -0.25) is 4.79 Å². The minimum Gasteiger partial charge on any atom is -0.497 e. The van der Waals surface area contributed by atoms with E-state index in [2.05, 4.69) is 34.3 Å². The van der Waals surface area contributed by atoms with Gasteiger partial charge in [0.15, 0.2) is 0 Å². The van der Waals surface area contributed by atoms with Gasteiger partial charge in [0, 0.05) is 23.0 Å². The fourth-order valence-electron chi connectivity index (χ4n) is 2.48. The Kier molecular flexibility index (Phi) is 6.95. The van der Waals surface area contributed by atoms with Gasteiger partial charge >= 0.3 is 0 Å². The molecule has 5 nitrogen and oxygen atoms in total. The summed E-state index contributed by atoms with van der Waals surface area (Å²) in [6.07, 6.45) is 3.32. The van der Waals surface area contributed by atoms with Crippen LogP contribution in [0, 0.1) is 13.8 Å². The van der Waals surface area contributed by atoms with Crippen LogP contribution in [0.3, 0.4) is 0 Å². The molecule has 3 rings (SSSR count). The lowest BCUT2D eigenvalue weighted by molar-refractivity contribution is -0.113. The number of thioether (sulfide) groups is 1. The number of hydrogen-bond donors (Lipinski definition) is 1. The zero-order valence-corrected chi connectivity index (χ0v) is 17.6. The number of carbonyl (C=O) groups is 1. The number of anilines is 1. The van der Waals surface area contributed by atoms with Crippen molar-refractivity contribution >= 4 is 35.1 Å². The number of rotatable bonds is 7. The Morgan fingerprint density at radius 3 is 2.50 bits per heavy atom. The molecule has 0 spiro atoms. The van der Waals surface area contributed by atoms with Gasteiger partial charge in [-0.1, -0.05) is 41.7 Å². The van der Waals surface area contributed by atoms with E-state index < -0.39 is 0 Å². The third-order valence-electron chi connectivity index (χ3n) is 3.98. The van der Waals surface area contributed by atoms with Crippen LogP contribution in [-0.4, -0.2) is 28.7 Å². The summed E-state index contributed by atoms with van der Waals surface area (Å²) in [4.78, 5) is 22.4. The third kappa shape index (κ3) is 5.27. The molecule has 7 heteroatoms. The van der Waals surface area contributed by atoms with E-state index in [1.165, 1.54) is 17.3 Å². The van der Waals surface area contributed by atoms with Crippen LogP contribution in [0.5, 0.6) is 5.75 Å². The van der Waals surface area contributed by atoms with Gasteiger partial charge in [0.2, 0.25) is 5.91 Å². The average Bonchev–Trinajstić information content (AvgIpc) is 2.70. The summed E-state index contributed by atoms with van der Waals surface area (Å²) in [5.41, 5.74) is 2.91. The second-order valence-corrected chi connectivity index (χ2v) is 8.05. The van der Waals surface area contributed by atoms with Crippen molar-refractivity contribution in [3.05, 3.63) is 66.0 Å². The van der Waals surface area contributed by atoms with Gasteiger partial charge < -0.3 is 10.1 Å². The Morgan fingerprint density at radius 1 is 1.04 bits per heavy atom. The van der Waals surface area contributed by atoms with E-state index in [1.54, 1.807) is 31.3 Å². The van der Waals surface area contributed by atoms with Crippen LogP contribution >= 0.6 is 23.5 Å². The zero-order chi connectivity index (χ0) is 19.9. The molecule has 1 heterocycles. The summed E-state index contributed by atoms with van der Waals surface area (Å²) in [5, 5.41) is 4.49. The molecule has 0 aliphatic carbocycles. The summed E-state index contributed by atoms with van der Waals surface area (Å²) >= 11 is 2.94. The van der Waals surface area contributed by atoms with Gasteiger partial charge in [-0.15, -0.1) is 0 Å². The summed E-state index contributed by atoms with van der Waals surface area (Å²) in [5.74, 6) is 0.934. The lowest BCUT2D eigenvalue weighted by atomic mass is 10.2. The smallest absolute Gasteiger partial charge is 0.234 e. The maximum atomic E-state index is 12.4. The predicted molar refractivity (Wildman–Crippen MR) is 114 cm³/mol. The number of aromatic nitrogens is 2. The van der Waals surface area contributed by atoms with Crippen molar-refractivity contribution in [3.8, 4) is 5.75 Å². The molecule has 0 aliphatic heterocycles. The average molecular weight is 412 g/mol. The Hall–Kier alpha value is -2.51. The molecule has 0 aliphatic rings. The quantitative estimate of drug-likeness (QED) is 0.553. The fourth-order valence-corrected chi connectivity index (χ4v) is 4.27. The van der Waals surface area contributed by atoms with Crippen molar-refractivity contribution in [3.63, 3.8) is 0 Å². The van der Waals surface area contributed by atoms with E-state index in [9.17, 15) is 4.79 Å². The topological polar surface area (TPSA) is 64.1 Å². The number of amides is 1. The second-order valence-electron chi connectivity index (χ2n) is 6.05. The highest BCUT2D eigenvalue weighted by atomic mass is 32.2. The largest absolute Gasteiger partial charge is 0.497 e. The van der Waals surface area contributed by atoms with E-state index in [0.29, 0.717) is 0 Å². The van der Waals surface area contributed by atoms with Crippen molar-refractivity contribution < 1.29 is 9.53 Å². The van der Waals surface area contributed by atoms with E-state index >= 15 is 0 Å². The maximum Gasteiger partial charge on any atom is 0.234 e. The molecule has 0 atom stereocenters. The molecule has 0 unspecified atom stereocenters. The standard InChI is InChI=1S/C21H21N3O2S2/c1-14-6-4-5-7-18(14)28-21-20(22-10-11-23-21)27-13-19(25)24-17-9-8-16(26-3)12-15(17)2/h4-12H,13H2,1-3H3,(H,24,25). The zero-order valence-electron chi connectivity index (χ0n) is 15.9. The Morgan fingerprint density at radius 2 is 1.79 bits per heavy atom. The highest BCUT2D eigenvalue weighted by Gasteiger charge is 2.12. The van der Waals surface area contributed by atoms with Gasteiger partial charge in [0.25, 0.3) is 0 Å². The van der Waals surface area contributed by atoms with Crippen molar-refractivity contribution in [1.29, 1.82) is 0 Å². The van der Waals surface area contributed by atoms with Crippen LogP contribution < -0.4 is 10.1 Å². The number of hydrogen-bond acceptors (Lipinski definition) is 6. The van der Waals surface area contributed by atoms with Crippen LogP contribution in [0.2, 0.25) is 0 Å². The van der Waals surface area contributed by atoms with E-state index in [1.807, 2.05) is 37.3 Å². The molecule has 0 saturated heterocycles. The van der Waals surface area contributed by atoms with Gasteiger partial charge in [-0.25, -0.2) is 9.97 Å². The van der Waals surface area contributed by atoms with Crippen LogP contribution in [0.4, 0.5) is 5.69 Å². The predicted octanol–water partition coefficient (Wildman–Crippen LogP) is 4.98. The first-order valence-corrected chi connectivity index (χ1v) is 10.5. The fraction of sp³-hybridized carbons (Fsp3) is 0.190. The van der Waals surface area contributed by atoms with Crippen molar-refractivity contribution in [2.24, 2.45) is 0 Å². The SMILES string of the molecule is COc1ccc(NC(=O)CSc2nccnc2Sc2ccccc2C)c(C)c1. The van der Waals surface area contributed by atoms with Crippen LogP contribution in [-0.2, 0) is 4.79 Å². The molecular weight excluding hydrogens is 390 g/mol. The number of nitrogens with one attached hydrogen (secondary N) is 1. The van der Waals surface area contributed by atoms with E-state index in [0.717, 1.165) is 31.9 Å². The molecule has 144 valence electrons. The minimum absolute atomic E-state index is 0.0873. The van der Waals surface area contributed by atoms with Crippen LogP contribution in [0.25, 0.3) is 0 Å². The monoisotopic (exact) mass is 411 g/mol. The summed E-state index contributed by atoms with van der Waals surface area (Å²) < 4.78 is 5.20. The lowest BCUT2D eigenvalue weighted by Crippen LogP contribution is -2.15. The normalized spacial score (nSPS) is 10.5. The van der Waals surface area contributed by atoms with Crippen molar-refractivity contribution in [2.75, 3.05) is 18.2 Å². The number of methoxy groups -OCH3 is 1.